The number of pyridine rings is 1. The van der Waals surface area contributed by atoms with Crippen LogP contribution in [-0.2, 0) is 15.6 Å². The van der Waals surface area contributed by atoms with Crippen LogP contribution >= 0.6 is 0 Å². The largest absolute Gasteiger partial charge is 0.369 e. The molecule has 3 rings (SSSR count). The van der Waals surface area contributed by atoms with Gasteiger partial charge in [0.1, 0.15) is 40.3 Å². The molecule has 2 aromatic rings. The molecule has 0 aliphatic carbocycles. The molecule has 0 radical (unpaired) electrons. The number of nitrogens with zero attached hydrogens (tertiary/aromatic N) is 4. The SMILES string of the molecule is CN1C(N)=N[C@](C)(c2cc(/C=C(\F)c3cc(F)c(C#N)cn3)ccc2F)CS1(=O)=O. The lowest BCUT2D eigenvalue weighted by Gasteiger charge is -2.34. The molecule has 1 aromatic heterocycles. The molecule has 1 aromatic carbocycles. The van der Waals surface area contributed by atoms with E-state index in [2.05, 4.69) is 9.98 Å². The predicted molar refractivity (Wildman–Crippen MR) is 105 cm³/mol. The van der Waals surface area contributed by atoms with Gasteiger partial charge in [0.25, 0.3) is 0 Å². The van der Waals surface area contributed by atoms with Crippen LogP contribution in [0.15, 0.2) is 35.5 Å². The molecule has 0 fully saturated rings. The predicted octanol–water partition coefficient (Wildman–Crippen LogP) is 2.50. The van der Waals surface area contributed by atoms with E-state index in [1.54, 1.807) is 6.07 Å². The summed E-state index contributed by atoms with van der Waals surface area (Å²) in [5.74, 6) is -3.44. The molecule has 0 bridgehead atoms. The quantitative estimate of drug-likeness (QED) is 0.796. The van der Waals surface area contributed by atoms with E-state index in [9.17, 15) is 21.6 Å². The van der Waals surface area contributed by atoms with Crippen LogP contribution in [-0.4, -0.2) is 36.5 Å². The summed E-state index contributed by atoms with van der Waals surface area (Å²) < 4.78 is 68.3. The molecule has 2 N–H and O–H groups in total. The first-order valence-electron chi connectivity index (χ1n) is 8.52. The Morgan fingerprint density at radius 2 is 2.03 bits per heavy atom. The number of hydrogen-bond donors (Lipinski definition) is 1. The average Bonchev–Trinajstić information content (AvgIpc) is 2.67. The highest BCUT2D eigenvalue weighted by Crippen LogP contribution is 2.34. The summed E-state index contributed by atoms with van der Waals surface area (Å²) in [6.45, 7) is 1.41. The molecular formula is C19H16F3N5O2S. The summed E-state index contributed by atoms with van der Waals surface area (Å²) in [4.78, 5) is 7.81. The Kier molecular flexibility index (Phi) is 5.30. The van der Waals surface area contributed by atoms with Gasteiger partial charge in [-0.3, -0.25) is 4.98 Å². The third-order valence-electron chi connectivity index (χ3n) is 4.65. The van der Waals surface area contributed by atoms with Crippen molar-refractivity contribution in [1.82, 2.24) is 9.29 Å². The zero-order valence-corrected chi connectivity index (χ0v) is 16.7. The second kappa shape index (κ2) is 7.46. The van der Waals surface area contributed by atoms with E-state index in [0.717, 1.165) is 28.7 Å². The number of hydrogen-bond acceptors (Lipinski definition) is 6. The Bertz CT molecular complexity index is 1240. The van der Waals surface area contributed by atoms with Gasteiger partial charge in [-0.15, -0.1) is 0 Å². The highest BCUT2D eigenvalue weighted by atomic mass is 32.2. The van der Waals surface area contributed by atoms with Crippen molar-refractivity contribution in [3.05, 3.63) is 64.5 Å². The van der Waals surface area contributed by atoms with Crippen molar-refractivity contribution in [2.75, 3.05) is 12.8 Å². The summed E-state index contributed by atoms with van der Waals surface area (Å²) in [7, 11) is -2.59. The highest BCUT2D eigenvalue weighted by molar-refractivity contribution is 7.89. The Balaban J connectivity index is 2.05. The van der Waals surface area contributed by atoms with Gasteiger partial charge >= 0.3 is 0 Å². The number of halogens is 3. The maximum Gasteiger partial charge on any atom is 0.239 e. The van der Waals surface area contributed by atoms with Crippen LogP contribution in [0.4, 0.5) is 13.2 Å². The Morgan fingerprint density at radius 1 is 1.33 bits per heavy atom. The van der Waals surface area contributed by atoms with E-state index in [1.807, 2.05) is 0 Å². The van der Waals surface area contributed by atoms with Crippen molar-refractivity contribution in [2.24, 2.45) is 10.7 Å². The van der Waals surface area contributed by atoms with Crippen molar-refractivity contribution in [3.8, 4) is 6.07 Å². The fourth-order valence-corrected chi connectivity index (χ4v) is 4.45. The molecule has 1 aliphatic heterocycles. The monoisotopic (exact) mass is 435 g/mol. The molecule has 2 heterocycles. The number of nitriles is 1. The third kappa shape index (κ3) is 3.86. The molecule has 156 valence electrons. The summed E-state index contributed by atoms with van der Waals surface area (Å²) in [5.41, 5.74) is 3.54. The average molecular weight is 435 g/mol. The maximum absolute atomic E-state index is 14.5. The fraction of sp³-hybridized carbons (Fsp3) is 0.211. The van der Waals surface area contributed by atoms with E-state index in [-0.39, 0.29) is 28.3 Å². The normalized spacial score (nSPS) is 21.1. The van der Waals surface area contributed by atoms with Crippen LogP contribution in [0.1, 0.15) is 29.3 Å². The topological polar surface area (TPSA) is 112 Å². The first kappa shape index (κ1) is 21.3. The van der Waals surface area contributed by atoms with Crippen LogP contribution in [0.2, 0.25) is 0 Å². The van der Waals surface area contributed by atoms with E-state index in [1.165, 1.54) is 26.1 Å². The number of aromatic nitrogens is 1. The van der Waals surface area contributed by atoms with E-state index in [0.29, 0.717) is 0 Å². The van der Waals surface area contributed by atoms with Crippen LogP contribution in [0, 0.1) is 23.0 Å². The van der Waals surface area contributed by atoms with Gasteiger partial charge in [-0.25, -0.2) is 30.9 Å². The number of aliphatic imine (C=N–C) groups is 1. The summed E-state index contributed by atoms with van der Waals surface area (Å²) in [5, 5.41) is 8.72. The van der Waals surface area contributed by atoms with Gasteiger partial charge in [0.2, 0.25) is 16.0 Å². The third-order valence-corrected chi connectivity index (χ3v) is 6.60. The summed E-state index contributed by atoms with van der Waals surface area (Å²) >= 11 is 0. The second-order valence-electron chi connectivity index (χ2n) is 6.86. The number of sulfonamides is 1. The number of guanidine groups is 1. The van der Waals surface area contributed by atoms with Crippen LogP contribution < -0.4 is 5.73 Å². The number of nitrogens with two attached hydrogens (primary N) is 1. The van der Waals surface area contributed by atoms with Crippen molar-refractivity contribution in [2.45, 2.75) is 12.5 Å². The van der Waals surface area contributed by atoms with Crippen molar-refractivity contribution in [3.63, 3.8) is 0 Å². The summed E-state index contributed by atoms with van der Waals surface area (Å²) in [6, 6.07) is 5.90. The lowest BCUT2D eigenvalue weighted by Crippen LogP contribution is -2.50. The second-order valence-corrected chi connectivity index (χ2v) is 8.86. The molecule has 7 nitrogen and oxygen atoms in total. The van der Waals surface area contributed by atoms with E-state index in [4.69, 9.17) is 11.0 Å². The molecule has 1 aliphatic rings. The fourth-order valence-electron chi connectivity index (χ4n) is 3.00. The zero-order valence-electron chi connectivity index (χ0n) is 15.9. The van der Waals surface area contributed by atoms with Crippen molar-refractivity contribution in [1.29, 1.82) is 5.26 Å². The Morgan fingerprint density at radius 3 is 2.63 bits per heavy atom. The molecule has 0 saturated heterocycles. The Hall–Kier alpha value is -3.39. The van der Waals surface area contributed by atoms with Crippen LogP contribution in [0.25, 0.3) is 11.9 Å². The van der Waals surface area contributed by atoms with Crippen LogP contribution in [0.5, 0.6) is 0 Å². The minimum atomic E-state index is -3.83. The Labute approximate surface area is 171 Å². The summed E-state index contributed by atoms with van der Waals surface area (Å²) in [6.07, 6.45) is 1.88. The van der Waals surface area contributed by atoms with E-state index < -0.39 is 38.8 Å². The van der Waals surface area contributed by atoms with Gasteiger partial charge in [0.05, 0.1) is 5.75 Å². The van der Waals surface area contributed by atoms with Gasteiger partial charge < -0.3 is 5.73 Å². The standard InChI is InChI=1S/C19H16F3N5O2S/c1-19(10-30(28,29)27(2)18(24)26-19)13-5-11(3-4-14(13)20)6-16(22)17-7-15(21)12(8-23)9-25-17/h3-7,9H,10H2,1-2H3,(H2,24,26)/b16-6-/t19-/m0/s1. The van der Waals surface area contributed by atoms with Crippen molar-refractivity contribution < 1.29 is 21.6 Å². The number of benzene rings is 1. The van der Waals surface area contributed by atoms with Crippen molar-refractivity contribution >= 4 is 27.9 Å². The number of rotatable bonds is 3. The lowest BCUT2D eigenvalue weighted by atomic mass is 9.92. The van der Waals surface area contributed by atoms with E-state index >= 15 is 0 Å². The zero-order chi connectivity index (χ0) is 22.3. The first-order valence-corrected chi connectivity index (χ1v) is 10.1. The highest BCUT2D eigenvalue weighted by Gasteiger charge is 2.41. The van der Waals surface area contributed by atoms with Gasteiger partial charge in [0, 0.05) is 24.9 Å². The molecule has 11 heteroatoms. The van der Waals surface area contributed by atoms with Gasteiger partial charge in [0.15, 0.2) is 0 Å². The minimum Gasteiger partial charge on any atom is -0.369 e. The first-order chi connectivity index (χ1) is 14.0. The molecule has 1 atom stereocenters. The van der Waals surface area contributed by atoms with Gasteiger partial charge in [-0.2, -0.15) is 5.26 Å². The van der Waals surface area contributed by atoms with Gasteiger partial charge in [-0.1, -0.05) is 6.07 Å². The molecule has 30 heavy (non-hydrogen) atoms. The van der Waals surface area contributed by atoms with Gasteiger partial charge in [-0.05, 0) is 30.7 Å². The molecule has 0 amide bonds. The minimum absolute atomic E-state index is 0.0948. The van der Waals surface area contributed by atoms with Crippen LogP contribution in [0.3, 0.4) is 0 Å². The lowest BCUT2D eigenvalue weighted by molar-refractivity contribution is 0.458. The molecular weight excluding hydrogens is 419 g/mol. The molecule has 0 unspecified atom stereocenters. The maximum atomic E-state index is 14.5. The molecule has 0 saturated carbocycles. The molecule has 0 spiro atoms. The smallest absolute Gasteiger partial charge is 0.239 e.